The molecule has 4 heterocycles. The van der Waals surface area contributed by atoms with Crippen molar-refractivity contribution in [3.05, 3.63) is 163 Å². The van der Waals surface area contributed by atoms with Gasteiger partial charge in [0.15, 0.2) is 0 Å². The van der Waals surface area contributed by atoms with Crippen LogP contribution in [0, 0.1) is 25.5 Å². The minimum atomic E-state index is -0.588. The van der Waals surface area contributed by atoms with Gasteiger partial charge < -0.3 is 14.6 Å². The molecule has 0 spiro atoms. The molecule has 0 amide bonds. The van der Waals surface area contributed by atoms with Crippen LogP contribution in [0.3, 0.4) is 0 Å². The Morgan fingerprint density at radius 3 is 1.38 bits per heavy atom. The number of alkyl halides is 1. The minimum absolute atomic E-state index is 0.0328. The molecule has 0 saturated carbocycles. The van der Waals surface area contributed by atoms with Gasteiger partial charge in [0, 0.05) is 56.3 Å². The van der Waals surface area contributed by atoms with Gasteiger partial charge in [-0.05, 0) is 101 Å². The summed E-state index contributed by atoms with van der Waals surface area (Å²) in [7, 11) is 3.12. The largest absolute Gasteiger partial charge is 0.481 e. The number of pyridine rings is 2. The fraction of sp³-hybridized carbons (Fsp3) is 0.269. The number of hydrogen-bond donors (Lipinski definition) is 1. The first-order valence-corrected chi connectivity index (χ1v) is 22.3. The molecule has 0 bridgehead atoms. The highest BCUT2D eigenvalue weighted by Gasteiger charge is 2.23. The van der Waals surface area contributed by atoms with Crippen LogP contribution < -0.4 is 20.6 Å². The molecule has 0 fully saturated rings. The molecule has 1 N–H and O–H groups in total. The molecule has 0 aliphatic rings. The van der Waals surface area contributed by atoms with E-state index in [-0.39, 0.29) is 28.2 Å². The Labute approximate surface area is 389 Å². The second-order valence-electron chi connectivity index (χ2n) is 17.9. The van der Waals surface area contributed by atoms with Crippen LogP contribution in [0.4, 0.5) is 8.78 Å². The van der Waals surface area contributed by atoms with E-state index >= 15 is 8.78 Å². The van der Waals surface area contributed by atoms with Crippen molar-refractivity contribution in [2.45, 2.75) is 78.2 Å². The van der Waals surface area contributed by atoms with Crippen molar-refractivity contribution in [3.63, 3.8) is 0 Å². The van der Waals surface area contributed by atoms with Crippen molar-refractivity contribution in [1.82, 2.24) is 29.5 Å². The Bertz CT molecular complexity index is 3060. The third-order valence-electron chi connectivity index (χ3n) is 11.6. The molecule has 0 unspecified atom stereocenters. The zero-order valence-corrected chi connectivity index (χ0v) is 40.1. The fourth-order valence-corrected chi connectivity index (χ4v) is 8.50. The molecule has 8 aromatic rings. The van der Waals surface area contributed by atoms with E-state index in [1.54, 1.807) is 50.7 Å². The highest BCUT2D eigenvalue weighted by atomic mass is 79.9. The standard InChI is InChI=1S/C26H25BrFN3O2.C26H26FN3O3/c1-15-18(9-10-23(30-15)33-5)19-7-6-8-22(20(19)13-27)31-25(32)24-16(14-29-31)11-17(12-21(24)28)26(2,3)4;1-15-18(9-10-23(29-15)33-5)19-7-6-8-22(20(19)14-31)30-25(32)24-16(13-28-30)11-17(12-21(24)27)26(2,3)4/h6-12,14H,13H2,1-5H3;6-13,31H,14H2,1-5H3. The Hall–Kier alpha value is -6.64. The van der Waals surface area contributed by atoms with Gasteiger partial charge in [0.25, 0.3) is 11.1 Å². The van der Waals surface area contributed by atoms with Gasteiger partial charge in [0.05, 0.1) is 55.4 Å². The molecule has 0 aliphatic carbocycles. The maximum atomic E-state index is 15.1. The van der Waals surface area contributed by atoms with Gasteiger partial charge in [-0.3, -0.25) is 9.59 Å². The number of rotatable bonds is 8. The summed E-state index contributed by atoms with van der Waals surface area (Å²) in [5.74, 6) is -0.110. The lowest BCUT2D eigenvalue weighted by Crippen LogP contribution is -2.24. The molecule has 0 radical (unpaired) electrons. The van der Waals surface area contributed by atoms with Crippen molar-refractivity contribution in [3.8, 4) is 45.4 Å². The van der Waals surface area contributed by atoms with Gasteiger partial charge in [-0.25, -0.2) is 18.7 Å². The summed E-state index contributed by atoms with van der Waals surface area (Å²) >= 11 is 3.56. The third-order valence-corrected chi connectivity index (χ3v) is 12.1. The molecule has 8 rings (SSSR count). The molecule has 4 aromatic heterocycles. The van der Waals surface area contributed by atoms with Crippen LogP contribution in [0.15, 0.2) is 107 Å². The van der Waals surface area contributed by atoms with Crippen molar-refractivity contribution < 1.29 is 23.4 Å². The van der Waals surface area contributed by atoms with Gasteiger partial charge in [-0.1, -0.05) is 81.7 Å². The smallest absolute Gasteiger partial charge is 0.282 e. The van der Waals surface area contributed by atoms with E-state index < -0.39 is 22.8 Å². The number of nitrogens with zero attached hydrogens (tertiary/aromatic N) is 6. The van der Waals surface area contributed by atoms with Crippen LogP contribution in [-0.2, 0) is 22.8 Å². The van der Waals surface area contributed by atoms with Crippen molar-refractivity contribution in [2.24, 2.45) is 0 Å². The van der Waals surface area contributed by atoms with E-state index in [4.69, 9.17) is 9.47 Å². The first-order chi connectivity index (χ1) is 31.3. The summed E-state index contributed by atoms with van der Waals surface area (Å²) in [5.41, 5.74) is 7.17. The molecule has 66 heavy (non-hydrogen) atoms. The van der Waals surface area contributed by atoms with E-state index in [0.717, 1.165) is 43.8 Å². The average molecular weight is 958 g/mol. The predicted octanol–water partition coefficient (Wildman–Crippen LogP) is 10.8. The van der Waals surface area contributed by atoms with E-state index in [0.29, 0.717) is 56.1 Å². The Balaban J connectivity index is 0.000000196. The predicted molar refractivity (Wildman–Crippen MR) is 260 cm³/mol. The molecular weight excluding hydrogens is 907 g/mol. The lowest BCUT2D eigenvalue weighted by molar-refractivity contribution is 0.282. The van der Waals surface area contributed by atoms with Crippen LogP contribution in [0.25, 0.3) is 55.2 Å². The molecule has 0 saturated heterocycles. The number of fused-ring (bicyclic) bond motifs is 2. The van der Waals surface area contributed by atoms with Crippen LogP contribution in [0.1, 0.15) is 75.2 Å². The zero-order chi connectivity index (χ0) is 47.8. The van der Waals surface area contributed by atoms with E-state index in [1.807, 2.05) is 97.9 Å². The normalized spacial score (nSPS) is 11.7. The summed E-state index contributed by atoms with van der Waals surface area (Å²) in [6, 6.07) is 24.8. The number of halogens is 3. The summed E-state index contributed by atoms with van der Waals surface area (Å²) in [5, 5.41) is 20.4. The van der Waals surface area contributed by atoms with Gasteiger partial charge >= 0.3 is 0 Å². The van der Waals surface area contributed by atoms with Crippen molar-refractivity contribution >= 4 is 37.5 Å². The fourth-order valence-electron chi connectivity index (χ4n) is 7.91. The first kappa shape index (κ1) is 47.3. The second-order valence-corrected chi connectivity index (χ2v) is 18.5. The lowest BCUT2D eigenvalue weighted by atomic mass is 9.86. The molecule has 14 heteroatoms. The highest BCUT2D eigenvalue weighted by molar-refractivity contribution is 9.08. The van der Waals surface area contributed by atoms with Crippen LogP contribution in [-0.4, -0.2) is 48.9 Å². The van der Waals surface area contributed by atoms with Crippen LogP contribution in [0.2, 0.25) is 0 Å². The second kappa shape index (κ2) is 18.7. The molecule has 340 valence electrons. The summed E-state index contributed by atoms with van der Waals surface area (Å²) < 4.78 is 43.0. The minimum Gasteiger partial charge on any atom is -0.481 e. The average Bonchev–Trinajstić information content (AvgIpc) is 3.28. The number of benzene rings is 4. The maximum Gasteiger partial charge on any atom is 0.282 e. The number of ether oxygens (including phenoxy) is 2. The zero-order valence-electron chi connectivity index (χ0n) is 38.5. The molecule has 11 nitrogen and oxygen atoms in total. The van der Waals surface area contributed by atoms with E-state index in [2.05, 4.69) is 36.1 Å². The quantitative estimate of drug-likeness (QED) is 0.148. The molecule has 0 aliphatic heterocycles. The Kier molecular flexibility index (Phi) is 13.4. The van der Waals surface area contributed by atoms with E-state index in [1.165, 1.54) is 23.0 Å². The summed E-state index contributed by atoms with van der Waals surface area (Å²) in [6.07, 6.45) is 3.04. The lowest BCUT2D eigenvalue weighted by Gasteiger charge is -2.20. The highest BCUT2D eigenvalue weighted by Crippen LogP contribution is 2.35. The van der Waals surface area contributed by atoms with Crippen molar-refractivity contribution in [2.75, 3.05) is 14.2 Å². The topological polar surface area (TPSA) is 134 Å². The van der Waals surface area contributed by atoms with E-state index in [9.17, 15) is 14.7 Å². The van der Waals surface area contributed by atoms with Gasteiger partial charge in [-0.2, -0.15) is 19.6 Å². The summed E-state index contributed by atoms with van der Waals surface area (Å²) in [4.78, 5) is 35.6. The number of aliphatic hydroxyl groups excluding tert-OH is 1. The molecule has 0 atom stereocenters. The number of aromatic nitrogens is 6. The Morgan fingerprint density at radius 2 is 1.02 bits per heavy atom. The molecule has 4 aromatic carbocycles. The number of methoxy groups -OCH3 is 2. The monoisotopic (exact) mass is 956 g/mol. The first-order valence-electron chi connectivity index (χ1n) is 21.2. The Morgan fingerprint density at radius 1 is 0.606 bits per heavy atom. The van der Waals surface area contributed by atoms with Crippen LogP contribution >= 0.6 is 15.9 Å². The maximum absolute atomic E-state index is 15.1. The van der Waals surface area contributed by atoms with Gasteiger partial charge in [-0.15, -0.1) is 0 Å². The van der Waals surface area contributed by atoms with Gasteiger partial charge in [0.1, 0.15) is 11.6 Å². The SMILES string of the molecule is COc1ccc(-c2cccc(-n3ncc4cc(C(C)(C)C)cc(F)c4c3=O)c2CBr)c(C)n1.COc1ccc(-c2cccc(-n3ncc4cc(C(C)(C)C)cc(F)c4c3=O)c2CO)c(C)n1. The number of aliphatic hydroxyl groups is 1. The molecular formula is C52H51BrF2N6O5. The third kappa shape index (κ3) is 9.12. The van der Waals surface area contributed by atoms with Gasteiger partial charge in [0.2, 0.25) is 11.8 Å². The summed E-state index contributed by atoms with van der Waals surface area (Å²) in [6.45, 7) is 15.4. The number of hydrogen-bond acceptors (Lipinski definition) is 9. The van der Waals surface area contributed by atoms with Crippen LogP contribution in [0.5, 0.6) is 11.8 Å². The van der Waals surface area contributed by atoms with Crippen molar-refractivity contribution in [1.29, 1.82) is 0 Å². The number of aryl methyl sites for hydroxylation is 2.